The standard InChI is InChI=1S/C52H57N7O5/c1-35-27-39-11-9-10-12-41(39)33-58(35)51(61)47-30-42-32-57(50(60)28-38-15-17-44(18-16-38)64-26-23-56-21-24-63-25-22-56)20-19-40(42)29-46(47)48-31-45(37(3)55(48)5)52(62)59(43-13-7-6-8-14-43)49-34-54(4)53-36(49)2/h6-18,29-31,34-35H,19-28,32-33H2,1-5H3/t35-/m1/s1. The largest absolute Gasteiger partial charge is 0.492 e. The summed E-state index contributed by atoms with van der Waals surface area (Å²) in [4.78, 5) is 51.9. The first-order valence-corrected chi connectivity index (χ1v) is 22.4. The van der Waals surface area contributed by atoms with Crippen LogP contribution in [0, 0.1) is 13.8 Å². The van der Waals surface area contributed by atoms with E-state index in [0.29, 0.717) is 49.5 Å². The van der Waals surface area contributed by atoms with Crippen molar-refractivity contribution >= 4 is 29.1 Å². The Kier molecular flexibility index (Phi) is 12.2. The SMILES string of the molecule is Cc1nn(C)cc1N(C(=O)c1cc(-c2cc3c(cc2C(=O)N2Cc4ccccc4C[C@H]2C)CN(C(=O)Cc2ccc(OCCN4CCOCC4)cc2)CC3)n(C)c1C)c1ccccc1. The minimum absolute atomic E-state index is 0.0274. The number of para-hydroxylation sites is 1. The number of nitrogens with zero attached hydrogens (tertiary/aromatic N) is 7. The van der Waals surface area contributed by atoms with Crippen LogP contribution in [0.5, 0.6) is 5.75 Å². The number of aryl methyl sites for hydroxylation is 2. The van der Waals surface area contributed by atoms with Crippen molar-refractivity contribution in [1.82, 2.24) is 29.0 Å². The quantitative estimate of drug-likeness (QED) is 0.133. The number of benzene rings is 4. The van der Waals surface area contributed by atoms with Crippen molar-refractivity contribution in [3.63, 3.8) is 0 Å². The van der Waals surface area contributed by atoms with Crippen molar-refractivity contribution in [3.05, 3.63) is 154 Å². The predicted octanol–water partition coefficient (Wildman–Crippen LogP) is 7.45. The molecule has 0 bridgehead atoms. The summed E-state index contributed by atoms with van der Waals surface area (Å²) in [5.74, 6) is 0.573. The minimum atomic E-state index is -0.186. The number of anilines is 2. The maximum atomic E-state index is 15.1. The Balaban J connectivity index is 1.01. The van der Waals surface area contributed by atoms with E-state index in [1.54, 1.807) is 9.58 Å². The summed E-state index contributed by atoms with van der Waals surface area (Å²) in [5, 5.41) is 4.57. The summed E-state index contributed by atoms with van der Waals surface area (Å²) in [6, 6.07) is 31.9. The number of aromatic nitrogens is 3. The predicted molar refractivity (Wildman–Crippen MR) is 248 cm³/mol. The monoisotopic (exact) mass is 859 g/mol. The third-order valence-corrected chi connectivity index (χ3v) is 13.2. The van der Waals surface area contributed by atoms with E-state index in [4.69, 9.17) is 9.47 Å². The zero-order valence-electron chi connectivity index (χ0n) is 37.5. The fourth-order valence-electron chi connectivity index (χ4n) is 9.47. The van der Waals surface area contributed by atoms with E-state index in [0.717, 1.165) is 95.6 Å². The molecule has 3 aliphatic rings. The number of morpholine rings is 1. The van der Waals surface area contributed by atoms with Gasteiger partial charge in [0.25, 0.3) is 11.8 Å². The van der Waals surface area contributed by atoms with E-state index in [2.05, 4.69) is 41.2 Å². The zero-order chi connectivity index (χ0) is 44.5. The molecular weight excluding hydrogens is 803 g/mol. The Morgan fingerprint density at radius 2 is 1.55 bits per heavy atom. The molecule has 6 aromatic rings. The van der Waals surface area contributed by atoms with Gasteiger partial charge in [-0.3, -0.25) is 28.9 Å². The van der Waals surface area contributed by atoms with Gasteiger partial charge in [-0.05, 0) is 104 Å². The van der Waals surface area contributed by atoms with Gasteiger partial charge < -0.3 is 23.8 Å². The molecule has 3 amide bonds. The summed E-state index contributed by atoms with van der Waals surface area (Å²) in [5.41, 5.74) is 11.0. The second-order valence-electron chi connectivity index (χ2n) is 17.4. The molecule has 4 aromatic carbocycles. The van der Waals surface area contributed by atoms with Crippen LogP contribution < -0.4 is 9.64 Å². The molecule has 0 spiro atoms. The van der Waals surface area contributed by atoms with Gasteiger partial charge in [0.1, 0.15) is 12.4 Å². The van der Waals surface area contributed by atoms with Gasteiger partial charge in [-0.2, -0.15) is 5.10 Å². The van der Waals surface area contributed by atoms with Crippen LogP contribution in [0.1, 0.15) is 66.8 Å². The van der Waals surface area contributed by atoms with E-state index in [1.165, 1.54) is 5.56 Å². The lowest BCUT2D eigenvalue weighted by Crippen LogP contribution is -2.43. The molecule has 12 nitrogen and oxygen atoms in total. The van der Waals surface area contributed by atoms with Crippen LogP contribution in [0.15, 0.2) is 103 Å². The molecule has 5 heterocycles. The molecule has 9 rings (SSSR count). The molecule has 0 saturated carbocycles. The number of hydrogen-bond donors (Lipinski definition) is 0. The molecule has 64 heavy (non-hydrogen) atoms. The Bertz CT molecular complexity index is 2680. The number of hydrogen-bond acceptors (Lipinski definition) is 7. The zero-order valence-corrected chi connectivity index (χ0v) is 37.5. The second-order valence-corrected chi connectivity index (χ2v) is 17.4. The highest BCUT2D eigenvalue weighted by molar-refractivity contribution is 6.13. The van der Waals surface area contributed by atoms with Crippen molar-refractivity contribution in [1.29, 1.82) is 0 Å². The number of rotatable bonds is 11. The smallest absolute Gasteiger partial charge is 0.264 e. The van der Waals surface area contributed by atoms with E-state index in [9.17, 15) is 9.59 Å². The van der Waals surface area contributed by atoms with Crippen LogP contribution in [0.3, 0.4) is 0 Å². The molecule has 2 aromatic heterocycles. The highest BCUT2D eigenvalue weighted by Gasteiger charge is 2.33. The summed E-state index contributed by atoms with van der Waals surface area (Å²) < 4.78 is 15.2. The fraction of sp³-hybridized carbons (Fsp3) is 0.346. The van der Waals surface area contributed by atoms with Crippen LogP contribution in [0.25, 0.3) is 11.3 Å². The molecule has 0 radical (unpaired) electrons. The van der Waals surface area contributed by atoms with Crippen LogP contribution in [-0.2, 0) is 56.0 Å². The third kappa shape index (κ3) is 8.72. The number of carbonyl (C=O) groups is 3. The molecular formula is C52H57N7O5. The lowest BCUT2D eigenvalue weighted by Gasteiger charge is -2.36. The first-order valence-electron chi connectivity index (χ1n) is 22.4. The summed E-state index contributed by atoms with van der Waals surface area (Å²) in [6.45, 7) is 12.3. The van der Waals surface area contributed by atoms with Gasteiger partial charge in [0.05, 0.1) is 36.6 Å². The average Bonchev–Trinajstić information content (AvgIpc) is 3.80. The summed E-state index contributed by atoms with van der Waals surface area (Å²) in [7, 11) is 3.81. The maximum absolute atomic E-state index is 15.1. The normalized spacial score (nSPS) is 16.3. The van der Waals surface area contributed by atoms with Crippen molar-refractivity contribution in [2.24, 2.45) is 14.1 Å². The van der Waals surface area contributed by atoms with Gasteiger partial charge in [-0.1, -0.05) is 54.6 Å². The first kappa shape index (κ1) is 42.8. The number of fused-ring (bicyclic) bond motifs is 2. The van der Waals surface area contributed by atoms with Crippen LogP contribution in [0.4, 0.5) is 11.4 Å². The molecule has 3 aliphatic heterocycles. The molecule has 1 atom stereocenters. The Hall–Kier alpha value is -6.50. The molecule has 1 fully saturated rings. The van der Waals surface area contributed by atoms with Crippen molar-refractivity contribution in [2.45, 2.75) is 59.2 Å². The third-order valence-electron chi connectivity index (χ3n) is 13.2. The van der Waals surface area contributed by atoms with Crippen LogP contribution >= 0.6 is 0 Å². The van der Waals surface area contributed by atoms with Crippen molar-refractivity contribution in [2.75, 3.05) is 50.9 Å². The summed E-state index contributed by atoms with van der Waals surface area (Å²) in [6.07, 6.45) is 3.54. The molecule has 0 aliphatic carbocycles. The highest BCUT2D eigenvalue weighted by atomic mass is 16.5. The number of amides is 3. The lowest BCUT2D eigenvalue weighted by atomic mass is 9.89. The molecule has 1 saturated heterocycles. The molecule has 0 N–H and O–H groups in total. The number of carbonyl (C=O) groups excluding carboxylic acids is 3. The van der Waals surface area contributed by atoms with Crippen molar-refractivity contribution in [3.8, 4) is 17.0 Å². The van der Waals surface area contributed by atoms with Gasteiger partial charge in [0.15, 0.2) is 0 Å². The fourth-order valence-corrected chi connectivity index (χ4v) is 9.47. The highest BCUT2D eigenvalue weighted by Crippen LogP contribution is 2.37. The molecule has 330 valence electrons. The minimum Gasteiger partial charge on any atom is -0.492 e. The molecule has 12 heteroatoms. The second kappa shape index (κ2) is 18.3. The van der Waals surface area contributed by atoms with Gasteiger partial charge in [-0.15, -0.1) is 0 Å². The topological polar surface area (TPSA) is 105 Å². The lowest BCUT2D eigenvalue weighted by molar-refractivity contribution is -0.131. The van der Waals surface area contributed by atoms with Gasteiger partial charge >= 0.3 is 0 Å². The van der Waals surface area contributed by atoms with E-state index >= 15 is 4.79 Å². The number of ether oxygens (including phenoxy) is 2. The summed E-state index contributed by atoms with van der Waals surface area (Å²) >= 11 is 0. The van der Waals surface area contributed by atoms with E-state index in [1.807, 2.05) is 121 Å². The van der Waals surface area contributed by atoms with E-state index < -0.39 is 0 Å². The molecule has 0 unspecified atom stereocenters. The average molecular weight is 860 g/mol. The van der Waals surface area contributed by atoms with E-state index in [-0.39, 0.29) is 30.2 Å². The Morgan fingerprint density at radius 3 is 2.28 bits per heavy atom. The van der Waals surface area contributed by atoms with Gasteiger partial charge in [-0.25, -0.2) is 0 Å². The van der Waals surface area contributed by atoms with Gasteiger partial charge in [0.2, 0.25) is 5.91 Å². The van der Waals surface area contributed by atoms with Crippen LogP contribution in [0.2, 0.25) is 0 Å². The Labute approximate surface area is 375 Å². The van der Waals surface area contributed by atoms with Crippen LogP contribution in [-0.4, -0.2) is 98.8 Å². The van der Waals surface area contributed by atoms with Gasteiger partial charge in [0, 0.05) is 93.8 Å². The van der Waals surface area contributed by atoms with Crippen molar-refractivity contribution < 1.29 is 23.9 Å². The maximum Gasteiger partial charge on any atom is 0.264 e. The first-order chi connectivity index (χ1) is 31.0. The Morgan fingerprint density at radius 1 is 0.812 bits per heavy atom.